The van der Waals surface area contributed by atoms with Crippen molar-refractivity contribution in [3.63, 3.8) is 0 Å². The Morgan fingerprint density at radius 1 is 1.03 bits per heavy atom. The van der Waals surface area contributed by atoms with Crippen molar-refractivity contribution in [1.82, 2.24) is 5.32 Å². The van der Waals surface area contributed by atoms with Crippen LogP contribution in [0.3, 0.4) is 0 Å². The number of allylic oxidation sites excluding steroid dienone is 2. The number of anilines is 1. The van der Waals surface area contributed by atoms with Gasteiger partial charge in [-0.3, -0.25) is 9.79 Å². The maximum absolute atomic E-state index is 13.7. The van der Waals surface area contributed by atoms with Crippen LogP contribution in [0.25, 0.3) is 5.57 Å². The van der Waals surface area contributed by atoms with E-state index in [4.69, 9.17) is 9.47 Å². The van der Waals surface area contributed by atoms with Crippen LogP contribution in [0.4, 0.5) is 10.5 Å². The van der Waals surface area contributed by atoms with E-state index in [-0.39, 0.29) is 12.4 Å². The molecule has 1 atom stereocenters. The topological polar surface area (TPSA) is 80.2 Å². The molecule has 5 rings (SSSR count). The number of amides is 1. The zero-order valence-electron chi connectivity index (χ0n) is 20.5. The van der Waals surface area contributed by atoms with E-state index in [0.717, 1.165) is 33.7 Å². The molecule has 0 saturated heterocycles. The Morgan fingerprint density at radius 2 is 1.78 bits per heavy atom. The predicted molar refractivity (Wildman–Crippen MR) is 144 cm³/mol. The van der Waals surface area contributed by atoms with E-state index < -0.39 is 12.1 Å². The van der Waals surface area contributed by atoms with Crippen molar-refractivity contribution < 1.29 is 19.1 Å². The van der Waals surface area contributed by atoms with Crippen LogP contribution >= 0.6 is 0 Å². The lowest BCUT2D eigenvalue weighted by atomic mass is 9.92. The van der Waals surface area contributed by atoms with E-state index in [1.807, 2.05) is 96.1 Å². The standard InChI is InChI=1S/C30H27N3O4/c1-36-25-13-11-22(12-14-25)24-17-26(32-30(35)37-20-21-7-3-2-4-8-21)29(34)28(18-24)33-16-15-31-19-23-9-5-6-10-27(23)33/h2-14,17-19,26H,15-16,20H2,1H3,(H,32,35). The molecule has 1 heterocycles. The fourth-order valence-corrected chi connectivity index (χ4v) is 4.39. The highest BCUT2D eigenvalue weighted by Gasteiger charge is 2.32. The summed E-state index contributed by atoms with van der Waals surface area (Å²) in [5, 5.41) is 2.76. The SMILES string of the molecule is COc1ccc(C2=CC(NC(=O)OCc3ccccc3)C(=O)C(N3CCN=Cc4ccccc43)=C2)cc1. The van der Waals surface area contributed by atoms with Gasteiger partial charge in [-0.05, 0) is 47.1 Å². The van der Waals surface area contributed by atoms with Gasteiger partial charge in [-0.2, -0.15) is 0 Å². The molecule has 0 radical (unpaired) electrons. The second kappa shape index (κ2) is 11.0. The van der Waals surface area contributed by atoms with Crippen LogP contribution in [0, 0.1) is 0 Å². The number of fused-ring (bicyclic) bond motifs is 1. The second-order valence-electron chi connectivity index (χ2n) is 8.67. The molecule has 1 aliphatic heterocycles. The molecule has 0 aromatic heterocycles. The molecule has 0 bridgehead atoms. The Morgan fingerprint density at radius 3 is 2.57 bits per heavy atom. The van der Waals surface area contributed by atoms with Gasteiger partial charge in [0.15, 0.2) is 0 Å². The Balaban J connectivity index is 1.45. The molecule has 0 saturated carbocycles. The molecular weight excluding hydrogens is 466 g/mol. The first-order chi connectivity index (χ1) is 18.1. The van der Waals surface area contributed by atoms with Crippen molar-refractivity contribution in [2.75, 3.05) is 25.1 Å². The van der Waals surface area contributed by atoms with Crippen molar-refractivity contribution in [1.29, 1.82) is 0 Å². The molecule has 0 spiro atoms. The number of aliphatic imine (C=N–C) groups is 1. The highest BCUT2D eigenvalue weighted by molar-refractivity contribution is 6.10. The van der Waals surface area contributed by atoms with Gasteiger partial charge in [-0.25, -0.2) is 4.79 Å². The lowest BCUT2D eigenvalue weighted by Crippen LogP contribution is -2.45. The third-order valence-electron chi connectivity index (χ3n) is 6.28. The monoisotopic (exact) mass is 493 g/mol. The number of hydrogen-bond acceptors (Lipinski definition) is 6. The number of ketones is 1. The van der Waals surface area contributed by atoms with E-state index in [2.05, 4.69) is 10.3 Å². The molecule has 1 N–H and O–H groups in total. The van der Waals surface area contributed by atoms with E-state index in [9.17, 15) is 9.59 Å². The van der Waals surface area contributed by atoms with Gasteiger partial charge < -0.3 is 19.7 Å². The molecule has 2 aliphatic rings. The number of ether oxygens (including phenoxy) is 2. The van der Waals surface area contributed by atoms with Gasteiger partial charge in [0, 0.05) is 18.3 Å². The summed E-state index contributed by atoms with van der Waals surface area (Å²) in [5.41, 5.74) is 4.89. The molecule has 7 heteroatoms. The Bertz CT molecular complexity index is 1380. The normalized spacial score (nSPS) is 16.7. The maximum Gasteiger partial charge on any atom is 0.408 e. The largest absolute Gasteiger partial charge is 0.497 e. The van der Waals surface area contributed by atoms with Gasteiger partial charge in [-0.15, -0.1) is 0 Å². The van der Waals surface area contributed by atoms with Gasteiger partial charge in [0.05, 0.1) is 25.0 Å². The number of nitrogens with one attached hydrogen (secondary N) is 1. The van der Waals surface area contributed by atoms with E-state index >= 15 is 0 Å². The summed E-state index contributed by atoms with van der Waals surface area (Å²) in [7, 11) is 1.62. The Hall–Kier alpha value is -4.65. The molecule has 1 unspecified atom stereocenters. The molecule has 3 aromatic carbocycles. The fourth-order valence-electron chi connectivity index (χ4n) is 4.39. The summed E-state index contributed by atoms with van der Waals surface area (Å²) in [6, 6.07) is 23.9. The first kappa shape index (κ1) is 24.1. The van der Waals surface area contributed by atoms with Gasteiger partial charge >= 0.3 is 6.09 Å². The summed E-state index contributed by atoms with van der Waals surface area (Å²) in [5.74, 6) is 0.517. The number of rotatable bonds is 6. The summed E-state index contributed by atoms with van der Waals surface area (Å²) in [6.07, 6.45) is 4.81. The zero-order valence-corrected chi connectivity index (χ0v) is 20.5. The third kappa shape index (κ3) is 5.46. The zero-order chi connectivity index (χ0) is 25.6. The highest BCUT2D eigenvalue weighted by Crippen LogP contribution is 2.31. The minimum atomic E-state index is -0.892. The van der Waals surface area contributed by atoms with Gasteiger partial charge in [-0.1, -0.05) is 60.7 Å². The van der Waals surface area contributed by atoms with E-state index in [0.29, 0.717) is 18.8 Å². The third-order valence-corrected chi connectivity index (χ3v) is 6.28. The van der Waals surface area contributed by atoms with Gasteiger partial charge in [0.1, 0.15) is 18.4 Å². The number of alkyl carbamates (subject to hydrolysis) is 1. The van der Waals surface area contributed by atoms with Crippen molar-refractivity contribution >= 4 is 29.4 Å². The molecule has 1 aliphatic carbocycles. The van der Waals surface area contributed by atoms with E-state index in [1.54, 1.807) is 13.2 Å². The average Bonchev–Trinajstić information content (AvgIpc) is 3.16. The summed E-state index contributed by atoms with van der Waals surface area (Å²) in [6.45, 7) is 1.19. The Labute approximate surface area is 215 Å². The van der Waals surface area contributed by atoms with Crippen molar-refractivity contribution in [2.24, 2.45) is 4.99 Å². The Kier molecular flexibility index (Phi) is 7.12. The molecule has 3 aromatic rings. The molecule has 0 fully saturated rings. The first-order valence-electron chi connectivity index (χ1n) is 12.1. The summed E-state index contributed by atoms with van der Waals surface area (Å²) >= 11 is 0. The smallest absolute Gasteiger partial charge is 0.408 e. The second-order valence-corrected chi connectivity index (χ2v) is 8.67. The van der Waals surface area contributed by atoms with E-state index in [1.165, 1.54) is 0 Å². The minimum Gasteiger partial charge on any atom is -0.497 e. The maximum atomic E-state index is 13.7. The molecule has 1 amide bonds. The average molecular weight is 494 g/mol. The lowest BCUT2D eigenvalue weighted by Gasteiger charge is -2.31. The van der Waals surface area contributed by atoms with Crippen LogP contribution in [0.2, 0.25) is 0 Å². The summed E-state index contributed by atoms with van der Waals surface area (Å²) < 4.78 is 10.7. The lowest BCUT2D eigenvalue weighted by molar-refractivity contribution is -0.116. The van der Waals surface area contributed by atoms with Crippen LogP contribution in [0.15, 0.2) is 102 Å². The fraction of sp³-hybridized carbons (Fsp3) is 0.167. The van der Waals surface area contributed by atoms with Crippen molar-refractivity contribution in [2.45, 2.75) is 12.6 Å². The number of nitrogens with zero attached hydrogens (tertiary/aromatic N) is 2. The molecule has 186 valence electrons. The highest BCUT2D eigenvalue weighted by atomic mass is 16.5. The number of carbonyl (C=O) groups is 2. The summed E-state index contributed by atoms with van der Waals surface area (Å²) in [4.78, 5) is 32.9. The quantitative estimate of drug-likeness (QED) is 0.535. The van der Waals surface area contributed by atoms with Gasteiger partial charge in [0.2, 0.25) is 5.78 Å². The predicted octanol–water partition coefficient (Wildman–Crippen LogP) is 4.78. The number of para-hydroxylation sites is 1. The minimum absolute atomic E-state index is 0.113. The molecule has 37 heavy (non-hydrogen) atoms. The van der Waals surface area contributed by atoms with Crippen LogP contribution in [-0.4, -0.2) is 44.3 Å². The number of hydrogen-bond donors (Lipinski definition) is 1. The van der Waals surface area contributed by atoms with Crippen LogP contribution < -0.4 is 15.0 Å². The van der Waals surface area contributed by atoms with Crippen molar-refractivity contribution in [3.8, 4) is 5.75 Å². The van der Waals surface area contributed by atoms with Crippen LogP contribution in [0.1, 0.15) is 16.7 Å². The van der Waals surface area contributed by atoms with Crippen molar-refractivity contribution in [3.05, 3.63) is 113 Å². The van der Waals surface area contributed by atoms with Crippen LogP contribution in [-0.2, 0) is 16.1 Å². The number of methoxy groups -OCH3 is 1. The number of benzodiazepines with no additional fused rings is 1. The van der Waals surface area contributed by atoms with Gasteiger partial charge in [0.25, 0.3) is 0 Å². The molecule has 7 nitrogen and oxygen atoms in total. The number of benzene rings is 3. The molecular formula is C30H27N3O4. The number of Topliss-reactive ketones (excluding diaryl/α,β-unsaturated/α-hetero) is 1. The first-order valence-corrected chi connectivity index (χ1v) is 12.1. The van der Waals surface area contributed by atoms with Crippen LogP contribution in [0.5, 0.6) is 5.75 Å². The number of carbonyl (C=O) groups excluding carboxylic acids is 2.